The first-order chi connectivity index (χ1) is 13.5. The van der Waals surface area contributed by atoms with Crippen molar-refractivity contribution in [3.8, 4) is 0 Å². The van der Waals surface area contributed by atoms with Gasteiger partial charge in [0.05, 0.1) is 12.6 Å². The third-order valence-corrected chi connectivity index (χ3v) is 6.12. The number of halogens is 2. The molecule has 0 heterocycles. The van der Waals surface area contributed by atoms with Gasteiger partial charge in [0.1, 0.15) is 10.7 Å². The molecule has 2 aromatic carbocycles. The lowest BCUT2D eigenvalue weighted by Crippen LogP contribution is -2.47. The molecule has 0 unspecified atom stereocenters. The molecule has 2 rings (SSSR count). The summed E-state index contributed by atoms with van der Waals surface area (Å²) in [5, 5.41) is 2.70. The summed E-state index contributed by atoms with van der Waals surface area (Å²) in [6, 6.07) is 9.01. The zero-order valence-corrected chi connectivity index (χ0v) is 18.5. The van der Waals surface area contributed by atoms with E-state index in [9.17, 15) is 22.4 Å². The van der Waals surface area contributed by atoms with Crippen LogP contribution < -0.4 is 10.0 Å². The number of aryl methyl sites for hydroxylation is 1. The van der Waals surface area contributed by atoms with E-state index in [1.165, 1.54) is 26.1 Å². The predicted molar refractivity (Wildman–Crippen MR) is 111 cm³/mol. The van der Waals surface area contributed by atoms with Gasteiger partial charge in [-0.25, -0.2) is 12.8 Å². The summed E-state index contributed by atoms with van der Waals surface area (Å²) >= 11 is 3.34. The van der Waals surface area contributed by atoms with Gasteiger partial charge in [-0.05, 0) is 49.7 Å². The molecule has 2 N–H and O–H groups in total. The number of anilines is 1. The average molecular weight is 486 g/mol. The van der Waals surface area contributed by atoms with E-state index < -0.39 is 38.6 Å². The van der Waals surface area contributed by atoms with Gasteiger partial charge in [0.25, 0.3) is 0 Å². The Morgan fingerprint density at radius 3 is 2.48 bits per heavy atom. The second kappa shape index (κ2) is 9.47. The monoisotopic (exact) mass is 485 g/mol. The minimum Gasteiger partial charge on any atom is -0.335 e. The number of benzene rings is 2. The fourth-order valence-corrected chi connectivity index (χ4v) is 4.34. The van der Waals surface area contributed by atoms with E-state index >= 15 is 0 Å². The van der Waals surface area contributed by atoms with Crippen molar-refractivity contribution in [2.75, 3.05) is 18.9 Å². The van der Waals surface area contributed by atoms with Crippen LogP contribution in [0.4, 0.5) is 10.1 Å². The summed E-state index contributed by atoms with van der Waals surface area (Å²) in [5.74, 6) is -1.99. The number of carbonyl (C=O) groups is 2. The quantitative estimate of drug-likeness (QED) is 0.629. The second-order valence-electron chi connectivity index (χ2n) is 6.48. The number of nitrogens with zero attached hydrogens (tertiary/aromatic N) is 1. The third-order valence-electron chi connectivity index (χ3n) is 4.05. The first kappa shape index (κ1) is 23.0. The van der Waals surface area contributed by atoms with Crippen molar-refractivity contribution in [2.24, 2.45) is 0 Å². The molecule has 0 saturated carbocycles. The van der Waals surface area contributed by atoms with Gasteiger partial charge in [-0.15, -0.1) is 0 Å². The van der Waals surface area contributed by atoms with Crippen LogP contribution in [0.2, 0.25) is 0 Å². The molecule has 10 heteroatoms. The van der Waals surface area contributed by atoms with E-state index in [1.54, 1.807) is 12.1 Å². The number of hydrogen-bond acceptors (Lipinski definition) is 4. The van der Waals surface area contributed by atoms with E-state index in [1.807, 2.05) is 13.0 Å². The van der Waals surface area contributed by atoms with Crippen LogP contribution in [0.3, 0.4) is 0 Å². The van der Waals surface area contributed by atoms with E-state index in [2.05, 4.69) is 26.0 Å². The van der Waals surface area contributed by atoms with Crippen LogP contribution >= 0.6 is 15.9 Å². The minimum atomic E-state index is -4.23. The van der Waals surface area contributed by atoms with E-state index in [4.69, 9.17) is 0 Å². The van der Waals surface area contributed by atoms with Gasteiger partial charge in [-0.1, -0.05) is 28.1 Å². The summed E-state index contributed by atoms with van der Waals surface area (Å²) in [6.07, 6.45) is 0. The molecule has 0 fully saturated rings. The van der Waals surface area contributed by atoms with Gasteiger partial charge in [0.15, 0.2) is 0 Å². The van der Waals surface area contributed by atoms with Gasteiger partial charge in [-0.3, -0.25) is 9.59 Å². The highest BCUT2D eigenvalue weighted by atomic mass is 79.9. The molecule has 0 aliphatic carbocycles. The van der Waals surface area contributed by atoms with Crippen LogP contribution in [0.1, 0.15) is 12.5 Å². The van der Waals surface area contributed by atoms with Gasteiger partial charge in [0.2, 0.25) is 21.8 Å². The van der Waals surface area contributed by atoms with Crippen molar-refractivity contribution < 1.29 is 22.4 Å². The van der Waals surface area contributed by atoms with Crippen LogP contribution in [-0.4, -0.2) is 44.8 Å². The highest BCUT2D eigenvalue weighted by molar-refractivity contribution is 9.10. The van der Waals surface area contributed by atoms with Crippen LogP contribution in [-0.2, 0) is 19.6 Å². The lowest BCUT2D eigenvalue weighted by molar-refractivity contribution is -0.134. The Balaban J connectivity index is 2.00. The summed E-state index contributed by atoms with van der Waals surface area (Å²) in [5.41, 5.74) is 1.44. The van der Waals surface area contributed by atoms with Crippen LogP contribution in [0.15, 0.2) is 51.8 Å². The Labute approximate surface area is 177 Å². The van der Waals surface area contributed by atoms with Crippen molar-refractivity contribution >= 4 is 43.5 Å². The Kier molecular flexibility index (Phi) is 7.50. The predicted octanol–water partition coefficient (Wildman–Crippen LogP) is 2.66. The maximum absolute atomic E-state index is 13.8. The molecule has 1 atom stereocenters. The number of likely N-dealkylation sites (N-methyl/N-ethyl adjacent to an activating group) is 1. The Morgan fingerprint density at radius 2 is 1.86 bits per heavy atom. The average Bonchev–Trinajstić information content (AvgIpc) is 2.63. The fourth-order valence-electron chi connectivity index (χ4n) is 2.59. The topological polar surface area (TPSA) is 95.6 Å². The summed E-state index contributed by atoms with van der Waals surface area (Å²) in [4.78, 5) is 25.2. The maximum atomic E-state index is 13.8. The first-order valence-electron chi connectivity index (χ1n) is 8.59. The molecule has 29 heavy (non-hydrogen) atoms. The Hall–Kier alpha value is -2.30. The zero-order chi connectivity index (χ0) is 21.8. The lowest BCUT2D eigenvalue weighted by Gasteiger charge is -2.22. The number of amides is 2. The highest BCUT2D eigenvalue weighted by Crippen LogP contribution is 2.20. The molecule has 2 amide bonds. The second-order valence-corrected chi connectivity index (χ2v) is 9.07. The van der Waals surface area contributed by atoms with Gasteiger partial charge in [-0.2, -0.15) is 4.72 Å². The molecule has 0 bridgehead atoms. The molecule has 0 spiro atoms. The van der Waals surface area contributed by atoms with Crippen molar-refractivity contribution in [2.45, 2.75) is 24.8 Å². The van der Waals surface area contributed by atoms with Crippen LogP contribution in [0.5, 0.6) is 0 Å². The minimum absolute atomic E-state index is 0.278. The molecular weight excluding hydrogens is 465 g/mol. The third kappa shape index (κ3) is 6.09. The SMILES string of the molecule is Cc1cc(Br)ccc1NC(=O)CN(C)C(=O)[C@H](C)NS(=O)(=O)c1ccccc1F. The van der Waals surface area contributed by atoms with Gasteiger partial charge < -0.3 is 10.2 Å². The molecule has 0 saturated heterocycles. The van der Waals surface area contributed by atoms with Crippen molar-refractivity contribution in [3.63, 3.8) is 0 Å². The molecule has 156 valence electrons. The molecule has 0 aliphatic rings. The van der Waals surface area contributed by atoms with Crippen molar-refractivity contribution in [1.29, 1.82) is 0 Å². The molecule has 2 aromatic rings. The lowest BCUT2D eigenvalue weighted by atomic mass is 10.2. The van der Waals surface area contributed by atoms with Gasteiger partial charge in [0, 0.05) is 17.2 Å². The fraction of sp³-hybridized carbons (Fsp3) is 0.263. The number of rotatable bonds is 7. The van der Waals surface area contributed by atoms with Gasteiger partial charge >= 0.3 is 0 Å². The van der Waals surface area contributed by atoms with E-state index in [0.29, 0.717) is 5.69 Å². The summed E-state index contributed by atoms with van der Waals surface area (Å²) < 4.78 is 41.4. The summed E-state index contributed by atoms with van der Waals surface area (Å²) in [7, 11) is -2.85. The van der Waals surface area contributed by atoms with E-state index in [0.717, 1.165) is 27.1 Å². The normalized spacial score (nSPS) is 12.3. The highest BCUT2D eigenvalue weighted by Gasteiger charge is 2.27. The van der Waals surface area contributed by atoms with Crippen LogP contribution in [0, 0.1) is 12.7 Å². The molecule has 0 radical (unpaired) electrons. The van der Waals surface area contributed by atoms with E-state index in [-0.39, 0.29) is 6.54 Å². The number of carbonyl (C=O) groups excluding carboxylic acids is 2. The summed E-state index contributed by atoms with van der Waals surface area (Å²) in [6.45, 7) is 2.88. The maximum Gasteiger partial charge on any atom is 0.244 e. The number of sulfonamides is 1. The standard InChI is InChI=1S/C19H21BrFN3O4S/c1-12-10-14(20)8-9-16(12)22-18(25)11-24(3)19(26)13(2)23-29(27,28)17-7-5-4-6-15(17)21/h4-10,13,23H,11H2,1-3H3,(H,22,25)/t13-/m0/s1. The van der Waals surface area contributed by atoms with Crippen LogP contribution in [0.25, 0.3) is 0 Å². The number of hydrogen-bond donors (Lipinski definition) is 2. The smallest absolute Gasteiger partial charge is 0.244 e. The Bertz CT molecular complexity index is 1030. The number of nitrogens with one attached hydrogen (secondary N) is 2. The van der Waals surface area contributed by atoms with Crippen molar-refractivity contribution in [1.82, 2.24) is 9.62 Å². The molecular formula is C19H21BrFN3O4S. The molecule has 0 aromatic heterocycles. The molecule has 0 aliphatic heterocycles. The van der Waals surface area contributed by atoms with Crippen molar-refractivity contribution in [3.05, 3.63) is 58.3 Å². The molecule has 7 nitrogen and oxygen atoms in total. The first-order valence-corrected chi connectivity index (χ1v) is 10.9. The zero-order valence-electron chi connectivity index (χ0n) is 16.1. The Morgan fingerprint density at radius 1 is 1.21 bits per heavy atom. The largest absolute Gasteiger partial charge is 0.335 e.